The van der Waals surface area contributed by atoms with Crippen molar-refractivity contribution in [3.63, 3.8) is 0 Å². The highest BCUT2D eigenvalue weighted by Gasteiger charge is 2.29. The average Bonchev–Trinajstić information content (AvgIpc) is 2.70. The minimum atomic E-state index is -0.364. The van der Waals surface area contributed by atoms with Gasteiger partial charge in [-0.25, -0.2) is 0 Å². The van der Waals surface area contributed by atoms with Gasteiger partial charge in [0.05, 0.1) is 4.92 Å². The average molecular weight is 397 g/mol. The number of carbonyl (C=O) groups is 1. The molecule has 0 spiro atoms. The number of hydrogen-bond donors (Lipinski definition) is 0. The van der Waals surface area contributed by atoms with Gasteiger partial charge < -0.3 is 9.64 Å². The number of benzene rings is 2. The number of carbonyl (C=O) groups excluding carboxylic acids is 1. The lowest BCUT2D eigenvalue weighted by atomic mass is 10.0. The summed E-state index contributed by atoms with van der Waals surface area (Å²) < 4.78 is 5.10. The third-order valence-corrected chi connectivity index (χ3v) is 5.27. The minimum absolute atomic E-state index is 0.0322. The van der Waals surface area contributed by atoms with Gasteiger partial charge in [0.2, 0.25) is 0 Å². The zero-order valence-corrected chi connectivity index (χ0v) is 16.9. The molecule has 1 heterocycles. The highest BCUT2D eigenvalue weighted by Crippen LogP contribution is 2.26. The van der Waals surface area contributed by atoms with Gasteiger partial charge in [-0.15, -0.1) is 0 Å². The van der Waals surface area contributed by atoms with Crippen molar-refractivity contribution in [2.75, 3.05) is 31.7 Å². The second kappa shape index (κ2) is 9.62. The van der Waals surface area contributed by atoms with E-state index in [0.717, 1.165) is 42.7 Å². The predicted octanol–water partition coefficient (Wildman–Crippen LogP) is 3.55. The van der Waals surface area contributed by atoms with Crippen molar-refractivity contribution in [2.24, 2.45) is 0 Å². The summed E-state index contributed by atoms with van der Waals surface area (Å²) >= 11 is 0. The van der Waals surface area contributed by atoms with Crippen LogP contribution in [0, 0.1) is 17.0 Å². The first-order chi connectivity index (χ1) is 14.0. The zero-order chi connectivity index (χ0) is 20.8. The molecule has 154 valence electrons. The molecule has 7 heteroatoms. The zero-order valence-electron chi connectivity index (χ0n) is 16.9. The molecule has 3 rings (SSSR count). The Morgan fingerprint density at radius 2 is 1.93 bits per heavy atom. The molecule has 0 bridgehead atoms. The minimum Gasteiger partial charge on any atom is -0.375 e. The van der Waals surface area contributed by atoms with Crippen molar-refractivity contribution in [3.05, 3.63) is 69.8 Å². The summed E-state index contributed by atoms with van der Waals surface area (Å²) in [5.41, 5.74) is 3.07. The molecule has 0 radical (unpaired) electrons. The van der Waals surface area contributed by atoms with E-state index < -0.39 is 0 Å². The molecular formula is C22H27N3O4. The number of methoxy groups -OCH3 is 1. The van der Waals surface area contributed by atoms with Gasteiger partial charge in [0, 0.05) is 50.6 Å². The van der Waals surface area contributed by atoms with Crippen LogP contribution in [0.5, 0.6) is 0 Å². The SMILES string of the molecule is COCC(=O)N(c1cccc(C)c1)C1CCN(Cc2cccc([N+](=O)[O-])c2)CC1. The molecule has 0 aliphatic carbocycles. The van der Waals surface area contributed by atoms with Gasteiger partial charge >= 0.3 is 0 Å². The number of non-ortho nitro benzene ring substituents is 1. The van der Waals surface area contributed by atoms with E-state index in [4.69, 9.17) is 4.74 Å². The molecule has 1 saturated heterocycles. The van der Waals surface area contributed by atoms with Crippen molar-refractivity contribution in [1.82, 2.24) is 4.90 Å². The number of anilines is 1. The molecule has 0 N–H and O–H groups in total. The summed E-state index contributed by atoms with van der Waals surface area (Å²) in [5, 5.41) is 11.0. The van der Waals surface area contributed by atoms with Gasteiger partial charge in [0.25, 0.3) is 11.6 Å². The molecule has 0 aromatic heterocycles. The van der Waals surface area contributed by atoms with E-state index in [1.807, 2.05) is 42.2 Å². The first-order valence-electron chi connectivity index (χ1n) is 9.81. The maximum atomic E-state index is 12.8. The fraction of sp³-hybridized carbons (Fsp3) is 0.409. The van der Waals surface area contributed by atoms with Crippen LogP contribution in [0.25, 0.3) is 0 Å². The molecule has 29 heavy (non-hydrogen) atoms. The van der Waals surface area contributed by atoms with Crippen LogP contribution in [0.2, 0.25) is 0 Å². The maximum Gasteiger partial charge on any atom is 0.269 e. The lowest BCUT2D eigenvalue weighted by Gasteiger charge is -2.38. The van der Waals surface area contributed by atoms with E-state index in [-0.39, 0.29) is 29.2 Å². The van der Waals surface area contributed by atoms with Crippen molar-refractivity contribution in [3.8, 4) is 0 Å². The molecule has 2 aromatic carbocycles. The van der Waals surface area contributed by atoms with E-state index in [1.54, 1.807) is 12.1 Å². The molecule has 1 amide bonds. The Hall–Kier alpha value is -2.77. The summed E-state index contributed by atoms with van der Waals surface area (Å²) in [5.74, 6) is -0.0322. The van der Waals surface area contributed by atoms with Crippen molar-refractivity contribution in [1.29, 1.82) is 0 Å². The summed E-state index contributed by atoms with van der Waals surface area (Å²) in [6.07, 6.45) is 1.69. The fourth-order valence-corrected chi connectivity index (χ4v) is 3.89. The smallest absolute Gasteiger partial charge is 0.269 e. The molecular weight excluding hydrogens is 370 g/mol. The normalized spacial score (nSPS) is 15.2. The lowest BCUT2D eigenvalue weighted by Crippen LogP contribution is -2.48. The molecule has 7 nitrogen and oxygen atoms in total. The number of aryl methyl sites for hydroxylation is 1. The standard InChI is InChI=1S/C22H27N3O4/c1-17-5-3-7-20(13-17)24(22(26)16-29-2)19-9-11-23(12-10-19)15-18-6-4-8-21(14-18)25(27)28/h3-8,13-14,19H,9-12,15-16H2,1-2H3. The largest absolute Gasteiger partial charge is 0.375 e. The van der Waals surface area contributed by atoms with Gasteiger partial charge in [-0.1, -0.05) is 24.3 Å². The Kier molecular flexibility index (Phi) is 6.95. The summed E-state index contributed by atoms with van der Waals surface area (Å²) in [6, 6.07) is 14.9. The van der Waals surface area contributed by atoms with Crippen LogP contribution in [-0.2, 0) is 16.1 Å². The molecule has 1 fully saturated rings. The van der Waals surface area contributed by atoms with Crippen LogP contribution < -0.4 is 4.90 Å². The van der Waals surface area contributed by atoms with Gasteiger partial charge in [-0.2, -0.15) is 0 Å². The Balaban J connectivity index is 1.67. The van der Waals surface area contributed by atoms with E-state index in [0.29, 0.717) is 6.54 Å². The number of hydrogen-bond acceptors (Lipinski definition) is 5. The van der Waals surface area contributed by atoms with Crippen LogP contribution >= 0.6 is 0 Å². The Morgan fingerprint density at radius 1 is 1.21 bits per heavy atom. The van der Waals surface area contributed by atoms with Crippen LogP contribution in [-0.4, -0.2) is 48.6 Å². The lowest BCUT2D eigenvalue weighted by molar-refractivity contribution is -0.384. The second-order valence-corrected chi connectivity index (χ2v) is 7.47. The number of amides is 1. The third kappa shape index (κ3) is 5.40. The quantitative estimate of drug-likeness (QED) is 0.528. The van der Waals surface area contributed by atoms with Crippen LogP contribution in [0.4, 0.5) is 11.4 Å². The number of rotatable bonds is 7. The summed E-state index contributed by atoms with van der Waals surface area (Å²) in [6.45, 7) is 4.41. The van der Waals surface area contributed by atoms with Crippen LogP contribution in [0.1, 0.15) is 24.0 Å². The second-order valence-electron chi connectivity index (χ2n) is 7.47. The number of nitro benzene ring substituents is 1. The van der Waals surface area contributed by atoms with Gasteiger partial charge in [0.15, 0.2) is 0 Å². The highest BCUT2D eigenvalue weighted by atomic mass is 16.6. The highest BCUT2D eigenvalue weighted by molar-refractivity contribution is 5.95. The number of likely N-dealkylation sites (tertiary alicyclic amines) is 1. The van der Waals surface area contributed by atoms with Crippen molar-refractivity contribution >= 4 is 17.3 Å². The van der Waals surface area contributed by atoms with Gasteiger partial charge in [-0.3, -0.25) is 19.8 Å². The molecule has 2 aromatic rings. The van der Waals surface area contributed by atoms with Crippen LogP contribution in [0.15, 0.2) is 48.5 Å². The van der Waals surface area contributed by atoms with E-state index in [2.05, 4.69) is 4.90 Å². The molecule has 0 saturated carbocycles. The van der Waals surface area contributed by atoms with E-state index in [1.165, 1.54) is 13.2 Å². The third-order valence-electron chi connectivity index (χ3n) is 5.27. The van der Waals surface area contributed by atoms with Crippen molar-refractivity contribution in [2.45, 2.75) is 32.4 Å². The van der Waals surface area contributed by atoms with Crippen molar-refractivity contribution < 1.29 is 14.5 Å². The molecule has 0 atom stereocenters. The predicted molar refractivity (Wildman–Crippen MR) is 112 cm³/mol. The Morgan fingerprint density at radius 3 is 2.59 bits per heavy atom. The van der Waals surface area contributed by atoms with E-state index in [9.17, 15) is 14.9 Å². The molecule has 0 unspecified atom stereocenters. The number of piperidine rings is 1. The number of nitro groups is 1. The molecule has 1 aliphatic rings. The Labute approximate surface area is 171 Å². The maximum absolute atomic E-state index is 12.8. The monoisotopic (exact) mass is 397 g/mol. The first kappa shape index (κ1) is 21.0. The molecule has 1 aliphatic heterocycles. The number of ether oxygens (including phenoxy) is 1. The fourth-order valence-electron chi connectivity index (χ4n) is 3.89. The van der Waals surface area contributed by atoms with Crippen LogP contribution in [0.3, 0.4) is 0 Å². The van der Waals surface area contributed by atoms with E-state index >= 15 is 0 Å². The van der Waals surface area contributed by atoms with Gasteiger partial charge in [0.1, 0.15) is 6.61 Å². The number of nitrogens with zero attached hydrogens (tertiary/aromatic N) is 3. The summed E-state index contributed by atoms with van der Waals surface area (Å²) in [4.78, 5) is 27.5. The van der Waals surface area contributed by atoms with Gasteiger partial charge in [-0.05, 0) is 43.0 Å². The first-order valence-corrected chi connectivity index (χ1v) is 9.81. The topological polar surface area (TPSA) is 75.9 Å². The summed E-state index contributed by atoms with van der Waals surface area (Å²) in [7, 11) is 1.54. The Bertz CT molecular complexity index is 863.